The van der Waals surface area contributed by atoms with Gasteiger partial charge in [-0.1, -0.05) is 17.7 Å². The first-order valence-electron chi connectivity index (χ1n) is 9.45. The first-order chi connectivity index (χ1) is 13.1. The van der Waals surface area contributed by atoms with Gasteiger partial charge in [-0.25, -0.2) is 17.6 Å². The summed E-state index contributed by atoms with van der Waals surface area (Å²) in [6.45, 7) is 1.15. The molecule has 8 heteroatoms. The fourth-order valence-electron chi connectivity index (χ4n) is 1.77. The highest BCUT2D eigenvalue weighted by Crippen LogP contribution is 2.30. The molecule has 0 fully saturated rings. The lowest BCUT2D eigenvalue weighted by molar-refractivity contribution is -0.138. The topological polar surface area (TPSA) is 72.5 Å². The molecule has 0 saturated heterocycles. The Hall–Kier alpha value is -1.60. The molecule has 0 heterocycles. The van der Waals surface area contributed by atoms with Gasteiger partial charge in [0.25, 0.3) is 0 Å². The van der Waals surface area contributed by atoms with Crippen LogP contribution >= 0.6 is 11.6 Å². The number of benzene rings is 1. The smallest absolute Gasteiger partial charge is 0.335 e. The van der Waals surface area contributed by atoms with E-state index < -0.39 is 62.5 Å². The summed E-state index contributed by atoms with van der Waals surface area (Å²) in [5.74, 6) is -2.23. The van der Waals surface area contributed by atoms with Crippen molar-refractivity contribution in [3.63, 3.8) is 0 Å². The molecule has 0 radical (unpaired) electrons. The molecule has 1 atom stereocenters. The largest absolute Gasteiger partial charge is 0.463 e. The van der Waals surface area contributed by atoms with E-state index in [2.05, 4.69) is 0 Å². The lowest BCUT2D eigenvalue weighted by Gasteiger charge is -2.24. The van der Waals surface area contributed by atoms with Gasteiger partial charge in [-0.2, -0.15) is 0 Å². The Morgan fingerprint density at radius 2 is 2.39 bits per heavy atom. The molecular formula is C15H17ClFNO4S. The fraction of sp³-hybridized carbons (Fsp3) is 0.400. The van der Waals surface area contributed by atoms with Crippen LogP contribution in [0.1, 0.15) is 32.9 Å². The van der Waals surface area contributed by atoms with Gasteiger partial charge in [0.2, 0.25) is 10.0 Å². The molecule has 23 heavy (non-hydrogen) atoms. The zero-order valence-corrected chi connectivity index (χ0v) is 13.5. The van der Waals surface area contributed by atoms with E-state index in [9.17, 15) is 17.6 Å². The summed E-state index contributed by atoms with van der Waals surface area (Å²) in [6.07, 6.45) is -6.14. The van der Waals surface area contributed by atoms with Crippen LogP contribution in [0.2, 0.25) is 6.43 Å². The number of esters is 1. The summed E-state index contributed by atoms with van der Waals surface area (Å²) >= 11 is 5.79. The van der Waals surface area contributed by atoms with Crippen LogP contribution in [0.25, 0.3) is 0 Å². The molecule has 0 aromatic heterocycles. The minimum atomic E-state index is -5.37. The lowest BCUT2D eigenvalue weighted by Crippen LogP contribution is -2.34. The van der Waals surface area contributed by atoms with Crippen LogP contribution in [0.3, 0.4) is 0 Å². The van der Waals surface area contributed by atoms with Gasteiger partial charge in [-0.3, -0.25) is 4.72 Å². The van der Waals surface area contributed by atoms with Crippen molar-refractivity contribution in [2.24, 2.45) is 0 Å². The van der Waals surface area contributed by atoms with Gasteiger partial charge in [-0.05, 0) is 44.3 Å². The fourth-order valence-corrected chi connectivity index (χ4v) is 3.21. The van der Waals surface area contributed by atoms with E-state index in [0.717, 1.165) is 18.2 Å². The van der Waals surface area contributed by atoms with Gasteiger partial charge >= 0.3 is 5.97 Å². The monoisotopic (exact) mass is 367 g/mol. The van der Waals surface area contributed by atoms with Crippen LogP contribution in [0.5, 0.6) is 0 Å². The Morgan fingerprint density at radius 3 is 3.04 bits per heavy atom. The van der Waals surface area contributed by atoms with Crippen molar-refractivity contribution in [1.82, 2.24) is 0 Å². The van der Waals surface area contributed by atoms with Crippen LogP contribution in [-0.4, -0.2) is 26.2 Å². The molecular weight excluding hydrogens is 345 g/mol. The van der Waals surface area contributed by atoms with Gasteiger partial charge < -0.3 is 4.74 Å². The number of hydrogen-bond acceptors (Lipinski definition) is 4. The summed E-state index contributed by atoms with van der Waals surface area (Å²) in [7, 11) is -5.37. The minimum Gasteiger partial charge on any atom is -0.463 e. The SMILES string of the molecule is [2H]N(c1ccc(F)cc1Cl)S(=O)(=O)[C@@]1([2H])C(C(=O)OCC)=CC([2H])([2H])CC1([2H])[2H]. The highest BCUT2D eigenvalue weighted by atomic mass is 35.5. The molecule has 0 unspecified atom stereocenters. The van der Waals surface area contributed by atoms with Gasteiger partial charge in [-0.15, -0.1) is 0 Å². The van der Waals surface area contributed by atoms with Crippen molar-refractivity contribution in [3.05, 3.63) is 40.7 Å². The zero-order valence-electron chi connectivity index (χ0n) is 18.0. The molecule has 0 aliphatic heterocycles. The van der Waals surface area contributed by atoms with Gasteiger partial charge in [0.05, 0.1) is 24.3 Å². The van der Waals surface area contributed by atoms with Crippen molar-refractivity contribution in [3.8, 4) is 0 Å². The first-order valence-corrected chi connectivity index (χ1v) is 8.32. The van der Waals surface area contributed by atoms with Crippen molar-refractivity contribution in [2.75, 3.05) is 11.3 Å². The second-order valence-corrected chi connectivity index (χ2v) is 6.28. The molecule has 1 aromatic rings. The number of ether oxygens (including phenoxy) is 1. The van der Waals surface area contributed by atoms with Gasteiger partial charge in [0, 0.05) is 5.48 Å². The minimum absolute atomic E-state index is 0.243. The number of anilines is 1. The van der Waals surface area contributed by atoms with Crippen molar-refractivity contribution < 1.29 is 30.6 Å². The Balaban J connectivity index is 2.75. The maximum absolute atomic E-state index is 13.3. The predicted molar refractivity (Wildman–Crippen MR) is 86.3 cm³/mol. The van der Waals surface area contributed by atoms with E-state index in [1.54, 1.807) is 0 Å². The molecule has 1 aromatic carbocycles. The highest BCUT2D eigenvalue weighted by Gasteiger charge is 2.35. The molecule has 0 spiro atoms. The van der Waals surface area contributed by atoms with Crippen LogP contribution < -0.4 is 4.72 Å². The number of carbonyl (C=O) groups is 1. The Morgan fingerprint density at radius 1 is 1.65 bits per heavy atom. The molecule has 0 amide bonds. The van der Waals surface area contributed by atoms with Crippen molar-refractivity contribution >= 4 is 33.3 Å². The molecule has 2 rings (SSSR count). The van der Waals surface area contributed by atoms with Crippen molar-refractivity contribution in [2.45, 2.75) is 31.3 Å². The number of hydrogen-bond donors (Lipinski definition) is 1. The van der Waals surface area contributed by atoms with E-state index in [1.165, 1.54) is 6.92 Å². The number of sulfonamides is 1. The van der Waals surface area contributed by atoms with Crippen LogP contribution in [0, 0.1) is 5.82 Å². The summed E-state index contributed by atoms with van der Waals surface area (Å²) in [4.78, 5) is 12.3. The third-order valence-electron chi connectivity index (χ3n) is 2.72. The molecule has 0 saturated carbocycles. The zero-order chi connectivity index (χ0) is 22.4. The number of allylic oxidation sites excluding steroid dienone is 1. The normalized spacial score (nSPS) is 29.6. The number of carbonyl (C=O) groups excluding carboxylic acids is 1. The molecule has 126 valence electrons. The summed E-state index contributed by atoms with van der Waals surface area (Å²) < 4.78 is 92.3. The summed E-state index contributed by atoms with van der Waals surface area (Å²) in [5, 5.41) is -3.93. The molecule has 5 nitrogen and oxygen atoms in total. The first kappa shape index (κ1) is 11.0. The Bertz CT molecular complexity index is 974. The van der Waals surface area contributed by atoms with Crippen LogP contribution in [-0.2, 0) is 19.6 Å². The third-order valence-corrected chi connectivity index (χ3v) is 4.34. The number of nitrogens with one attached hydrogen (secondary N) is 1. The molecule has 1 N–H and O–H groups in total. The second-order valence-electron chi connectivity index (χ2n) is 4.33. The lowest BCUT2D eigenvalue weighted by atomic mass is 9.99. The Kier molecular flexibility index (Phi) is 3.51. The predicted octanol–water partition coefficient (Wildman–Crippen LogP) is 3.26. The van der Waals surface area contributed by atoms with Gasteiger partial charge in [0.15, 0.2) is 1.41 Å². The maximum atomic E-state index is 13.3. The van der Waals surface area contributed by atoms with Crippen LogP contribution in [0.15, 0.2) is 29.8 Å². The Labute approximate surface area is 148 Å². The third kappa shape index (κ3) is 4.23. The molecule has 1 aliphatic rings. The van der Waals surface area contributed by atoms with Crippen LogP contribution in [0.4, 0.5) is 10.1 Å². The summed E-state index contributed by atoms with van der Waals surface area (Å²) in [6, 6.07) is 2.38. The van der Waals surface area contributed by atoms with E-state index in [0.29, 0.717) is 6.08 Å². The van der Waals surface area contributed by atoms with E-state index in [1.807, 2.05) is 0 Å². The number of rotatable bonds is 5. The van der Waals surface area contributed by atoms with Gasteiger partial charge in [0.1, 0.15) is 11.0 Å². The quantitative estimate of drug-likeness (QED) is 0.811. The molecule has 1 aliphatic carbocycles. The molecule has 0 bridgehead atoms. The highest BCUT2D eigenvalue weighted by molar-refractivity contribution is 7.93. The second kappa shape index (κ2) is 7.31. The van der Waals surface area contributed by atoms with E-state index >= 15 is 0 Å². The van der Waals surface area contributed by atoms with E-state index in [4.69, 9.17) is 24.6 Å². The average molecular weight is 368 g/mol. The average Bonchev–Trinajstić information content (AvgIpc) is 2.56. The van der Waals surface area contributed by atoms with Crippen molar-refractivity contribution in [1.29, 1.82) is 0 Å². The maximum Gasteiger partial charge on any atom is 0.335 e. The summed E-state index contributed by atoms with van der Waals surface area (Å²) in [5.41, 5.74) is -1.68. The number of halogens is 2. The van der Waals surface area contributed by atoms with E-state index in [-0.39, 0.29) is 11.3 Å². The standard InChI is InChI=1S/C15H17ClFNO4S/c1-2-22-15(19)11-5-3-4-6-14(11)23(20,21)18-13-8-7-10(17)9-12(13)16/h5,7-9,14,18H,2-4,6H2,1H3/t14-/m1/s1/i3D2,6D2,14D/hD.